The quantitative estimate of drug-likeness (QED) is 0.0262. The average Bonchev–Trinajstić information content (AvgIpc) is 3.31. The summed E-state index contributed by atoms with van der Waals surface area (Å²) in [6.45, 7) is 6.66. The molecule has 388 valence electrons. The van der Waals surface area contributed by atoms with Crippen molar-refractivity contribution in [3.05, 3.63) is 24.3 Å². The third-order valence-electron chi connectivity index (χ3n) is 13.2. The van der Waals surface area contributed by atoms with Gasteiger partial charge in [0.1, 0.15) is 13.2 Å². The Kier molecular flexibility index (Phi) is 53.7. The zero-order valence-electron chi connectivity index (χ0n) is 44.5. The van der Waals surface area contributed by atoms with Gasteiger partial charge in [0.05, 0.1) is 0 Å². The van der Waals surface area contributed by atoms with Crippen LogP contribution in [-0.4, -0.2) is 37.2 Å². The van der Waals surface area contributed by atoms with Crippen molar-refractivity contribution in [1.82, 2.24) is 0 Å². The Morgan fingerprint density at radius 3 is 0.833 bits per heavy atom. The summed E-state index contributed by atoms with van der Waals surface area (Å²) in [6, 6.07) is 0. The first-order chi connectivity index (χ1) is 32.5. The highest BCUT2D eigenvalue weighted by Gasteiger charge is 2.19. The smallest absolute Gasteiger partial charge is 0.306 e. The largest absolute Gasteiger partial charge is 0.462 e. The first-order valence-corrected chi connectivity index (χ1v) is 29.4. The molecule has 0 aromatic carbocycles. The highest BCUT2D eigenvalue weighted by Crippen LogP contribution is 2.17. The van der Waals surface area contributed by atoms with Crippen LogP contribution in [-0.2, 0) is 28.6 Å². The molecule has 66 heavy (non-hydrogen) atoms. The van der Waals surface area contributed by atoms with Gasteiger partial charge in [0.15, 0.2) is 6.10 Å². The summed E-state index contributed by atoms with van der Waals surface area (Å²) in [5.74, 6) is -0.858. The number of carbonyl (C=O) groups is 3. The number of hydrogen-bond acceptors (Lipinski definition) is 6. The highest BCUT2D eigenvalue weighted by atomic mass is 16.6. The first kappa shape index (κ1) is 63.9. The molecule has 0 saturated carbocycles. The van der Waals surface area contributed by atoms with Gasteiger partial charge in [0.25, 0.3) is 0 Å². The maximum absolute atomic E-state index is 12.9. The minimum absolute atomic E-state index is 0.0692. The van der Waals surface area contributed by atoms with Crippen LogP contribution in [0.3, 0.4) is 0 Å². The molecule has 1 atom stereocenters. The average molecular weight is 930 g/mol. The van der Waals surface area contributed by atoms with Crippen LogP contribution >= 0.6 is 0 Å². The number of unbranched alkanes of at least 4 members (excludes halogenated alkanes) is 40. The predicted molar refractivity (Wildman–Crippen MR) is 284 cm³/mol. The zero-order valence-corrected chi connectivity index (χ0v) is 44.5. The molecule has 0 saturated heterocycles. The summed E-state index contributed by atoms with van der Waals surface area (Å²) >= 11 is 0. The molecule has 0 aliphatic carbocycles. The maximum atomic E-state index is 12.9. The van der Waals surface area contributed by atoms with Crippen LogP contribution in [0.1, 0.15) is 323 Å². The van der Waals surface area contributed by atoms with Crippen molar-refractivity contribution < 1.29 is 28.6 Å². The van der Waals surface area contributed by atoms with Crippen LogP contribution in [0.15, 0.2) is 24.3 Å². The van der Waals surface area contributed by atoms with Crippen LogP contribution in [0.4, 0.5) is 0 Å². The van der Waals surface area contributed by atoms with Gasteiger partial charge in [-0.05, 0) is 44.9 Å². The van der Waals surface area contributed by atoms with Crippen molar-refractivity contribution in [2.45, 2.75) is 329 Å². The van der Waals surface area contributed by atoms with Crippen molar-refractivity contribution in [3.8, 4) is 0 Å². The molecule has 0 aliphatic rings. The van der Waals surface area contributed by atoms with Gasteiger partial charge in [-0.15, -0.1) is 0 Å². The Morgan fingerprint density at radius 2 is 0.530 bits per heavy atom. The molecule has 1 unspecified atom stereocenters. The summed E-state index contributed by atoms with van der Waals surface area (Å²) in [6.07, 6.45) is 64.5. The zero-order chi connectivity index (χ0) is 47.9. The molecule has 0 aliphatic heterocycles. The number of carbonyl (C=O) groups excluding carboxylic acids is 3. The SMILES string of the molecule is CCCCC/C=C\C=C/CCCCCCCCC(=O)OCC(COC(=O)CCCCCCCCCCCCCCCCCCC)OC(=O)CCCCCCCCCCCCCCCCCC. The first-order valence-electron chi connectivity index (χ1n) is 29.4. The monoisotopic (exact) mass is 929 g/mol. The molecule has 0 radical (unpaired) electrons. The molecular formula is C60H112O6. The van der Waals surface area contributed by atoms with Crippen LogP contribution < -0.4 is 0 Å². The lowest BCUT2D eigenvalue weighted by atomic mass is 10.0. The fourth-order valence-electron chi connectivity index (χ4n) is 8.79. The van der Waals surface area contributed by atoms with Gasteiger partial charge >= 0.3 is 17.9 Å². The van der Waals surface area contributed by atoms with Gasteiger partial charge in [-0.1, -0.05) is 283 Å². The molecule has 0 fully saturated rings. The maximum Gasteiger partial charge on any atom is 0.306 e. The van der Waals surface area contributed by atoms with Crippen molar-refractivity contribution in [2.75, 3.05) is 13.2 Å². The standard InChI is InChI=1S/C60H112O6/c1-4-7-10-13-16-19-22-25-28-30-33-35-38-41-44-47-50-53-59(62)65-56-57(55-64-58(61)52-49-46-43-40-37-34-31-27-24-21-18-15-12-9-6-3)66-60(63)54-51-48-45-42-39-36-32-29-26-23-20-17-14-11-8-5-2/h18,21,24,27,57H,4-17,19-20,22-23,25-26,28-56H2,1-3H3/b21-18-,27-24-. The summed E-state index contributed by atoms with van der Waals surface area (Å²) in [5, 5.41) is 0. The molecule has 6 heteroatoms. The van der Waals surface area contributed by atoms with E-state index in [-0.39, 0.29) is 31.1 Å². The number of ether oxygens (including phenoxy) is 3. The number of rotatable bonds is 54. The molecule has 0 N–H and O–H groups in total. The van der Waals surface area contributed by atoms with Gasteiger partial charge in [-0.3, -0.25) is 14.4 Å². The lowest BCUT2D eigenvalue weighted by molar-refractivity contribution is -0.167. The van der Waals surface area contributed by atoms with E-state index in [9.17, 15) is 14.4 Å². The van der Waals surface area contributed by atoms with Crippen LogP contribution in [0.5, 0.6) is 0 Å². The van der Waals surface area contributed by atoms with Crippen LogP contribution in [0.2, 0.25) is 0 Å². The minimum atomic E-state index is -0.771. The number of esters is 3. The Bertz CT molecular complexity index is 1070. The molecule has 0 aromatic rings. The van der Waals surface area contributed by atoms with Gasteiger partial charge < -0.3 is 14.2 Å². The van der Waals surface area contributed by atoms with E-state index in [0.717, 1.165) is 64.2 Å². The molecule has 0 heterocycles. The second-order valence-corrected chi connectivity index (χ2v) is 20.0. The fraction of sp³-hybridized carbons (Fsp3) is 0.883. The van der Waals surface area contributed by atoms with Crippen molar-refractivity contribution in [3.63, 3.8) is 0 Å². The minimum Gasteiger partial charge on any atom is -0.462 e. The molecule has 0 aromatic heterocycles. The third kappa shape index (κ3) is 52.9. The molecular weight excluding hydrogens is 817 g/mol. The lowest BCUT2D eigenvalue weighted by Gasteiger charge is -2.18. The normalized spacial score (nSPS) is 12.1. The summed E-state index contributed by atoms with van der Waals surface area (Å²) in [4.78, 5) is 38.2. The Labute approximate surface area is 411 Å². The summed E-state index contributed by atoms with van der Waals surface area (Å²) < 4.78 is 16.9. The van der Waals surface area contributed by atoms with Crippen molar-refractivity contribution >= 4 is 17.9 Å². The lowest BCUT2D eigenvalue weighted by Crippen LogP contribution is -2.30. The Balaban J connectivity index is 4.33. The molecule has 0 amide bonds. The van der Waals surface area contributed by atoms with E-state index in [0.29, 0.717) is 19.3 Å². The van der Waals surface area contributed by atoms with Gasteiger partial charge in [-0.2, -0.15) is 0 Å². The van der Waals surface area contributed by atoms with Crippen LogP contribution in [0, 0.1) is 0 Å². The summed E-state index contributed by atoms with van der Waals surface area (Å²) in [7, 11) is 0. The van der Waals surface area contributed by atoms with Crippen LogP contribution in [0.25, 0.3) is 0 Å². The molecule has 0 rings (SSSR count). The number of allylic oxidation sites excluding steroid dienone is 4. The van der Waals surface area contributed by atoms with E-state index in [4.69, 9.17) is 14.2 Å². The fourth-order valence-corrected chi connectivity index (χ4v) is 8.79. The second kappa shape index (κ2) is 55.5. The highest BCUT2D eigenvalue weighted by molar-refractivity contribution is 5.71. The van der Waals surface area contributed by atoms with E-state index in [1.807, 2.05) is 0 Å². The Morgan fingerprint density at radius 1 is 0.303 bits per heavy atom. The van der Waals surface area contributed by atoms with Gasteiger partial charge in [-0.25, -0.2) is 0 Å². The Hall–Kier alpha value is -2.11. The molecule has 0 bridgehead atoms. The predicted octanol–water partition coefficient (Wildman–Crippen LogP) is 19.5. The topological polar surface area (TPSA) is 78.9 Å². The van der Waals surface area contributed by atoms with Gasteiger partial charge in [0, 0.05) is 19.3 Å². The molecule has 0 spiro atoms. The summed E-state index contributed by atoms with van der Waals surface area (Å²) in [5.41, 5.74) is 0. The van der Waals surface area contributed by atoms with E-state index in [2.05, 4.69) is 45.1 Å². The molecule has 6 nitrogen and oxygen atoms in total. The van der Waals surface area contributed by atoms with E-state index in [1.54, 1.807) is 0 Å². The second-order valence-electron chi connectivity index (χ2n) is 20.0. The van der Waals surface area contributed by atoms with Gasteiger partial charge in [0.2, 0.25) is 0 Å². The van der Waals surface area contributed by atoms with Crippen molar-refractivity contribution in [2.24, 2.45) is 0 Å². The number of hydrogen-bond donors (Lipinski definition) is 0. The third-order valence-corrected chi connectivity index (χ3v) is 13.2. The van der Waals surface area contributed by atoms with Crippen molar-refractivity contribution in [1.29, 1.82) is 0 Å². The van der Waals surface area contributed by atoms with E-state index >= 15 is 0 Å². The van der Waals surface area contributed by atoms with E-state index < -0.39 is 6.10 Å². The van der Waals surface area contributed by atoms with E-state index in [1.165, 1.54) is 218 Å².